The van der Waals surface area contributed by atoms with Crippen molar-refractivity contribution in [2.75, 3.05) is 12.5 Å². The van der Waals surface area contributed by atoms with E-state index in [0.29, 0.717) is 12.2 Å². The summed E-state index contributed by atoms with van der Waals surface area (Å²) in [5.74, 6) is 6.75. The summed E-state index contributed by atoms with van der Waals surface area (Å²) < 4.78 is 5.17. The van der Waals surface area contributed by atoms with E-state index in [1.165, 1.54) is 0 Å². The van der Waals surface area contributed by atoms with Crippen molar-refractivity contribution >= 4 is 5.82 Å². The zero-order valence-electron chi connectivity index (χ0n) is 9.45. The van der Waals surface area contributed by atoms with Gasteiger partial charge in [0, 0.05) is 25.3 Å². The van der Waals surface area contributed by atoms with Crippen LogP contribution in [0.4, 0.5) is 5.82 Å². The number of hydrazine groups is 1. The molecule has 3 N–H and O–H groups in total. The lowest BCUT2D eigenvalue weighted by atomic mass is 10.2. The smallest absolute Gasteiger partial charge is 0.143 e. The minimum atomic E-state index is 0.114. The predicted octanol–water partition coefficient (Wildman–Crippen LogP) is 0.902. The minimum absolute atomic E-state index is 0.114. The Morgan fingerprint density at radius 3 is 2.80 bits per heavy atom. The first-order valence-corrected chi connectivity index (χ1v) is 5.05. The number of nitrogens with one attached hydrogen (secondary N) is 1. The molecule has 1 rings (SSSR count). The van der Waals surface area contributed by atoms with Gasteiger partial charge in [0.25, 0.3) is 0 Å². The molecule has 5 nitrogen and oxygen atoms in total. The fourth-order valence-electron chi connectivity index (χ4n) is 1.24. The van der Waals surface area contributed by atoms with E-state index >= 15 is 0 Å². The number of anilines is 1. The van der Waals surface area contributed by atoms with Crippen LogP contribution < -0.4 is 11.3 Å². The first-order chi connectivity index (χ1) is 7.19. The molecule has 1 unspecified atom stereocenters. The summed E-state index contributed by atoms with van der Waals surface area (Å²) in [6.07, 6.45) is 1.67. The Morgan fingerprint density at radius 2 is 2.27 bits per heavy atom. The third-order valence-corrected chi connectivity index (χ3v) is 2.21. The van der Waals surface area contributed by atoms with Crippen LogP contribution in [0, 0.1) is 0 Å². The van der Waals surface area contributed by atoms with Crippen LogP contribution in [0.15, 0.2) is 6.07 Å². The molecule has 0 saturated carbocycles. The SMILES string of the molecule is CCc1cc(NN)nc(CC(C)OC)n1. The molecular formula is C10H18N4O. The summed E-state index contributed by atoms with van der Waals surface area (Å²) >= 11 is 0. The van der Waals surface area contributed by atoms with Gasteiger partial charge in [-0.3, -0.25) is 0 Å². The maximum Gasteiger partial charge on any atom is 0.143 e. The first-order valence-electron chi connectivity index (χ1n) is 5.05. The number of nitrogen functional groups attached to an aromatic ring is 1. The largest absolute Gasteiger partial charge is 0.381 e. The fourth-order valence-corrected chi connectivity index (χ4v) is 1.24. The molecular weight excluding hydrogens is 192 g/mol. The van der Waals surface area contributed by atoms with Crippen LogP contribution in [0.5, 0.6) is 0 Å². The van der Waals surface area contributed by atoms with E-state index in [1.807, 2.05) is 19.9 Å². The first kappa shape index (κ1) is 11.9. The molecule has 0 amide bonds. The lowest BCUT2D eigenvalue weighted by molar-refractivity contribution is 0.117. The van der Waals surface area contributed by atoms with Crippen molar-refractivity contribution in [3.63, 3.8) is 0 Å². The molecule has 15 heavy (non-hydrogen) atoms. The Bertz CT molecular complexity index is 294. The van der Waals surface area contributed by atoms with Gasteiger partial charge in [0.15, 0.2) is 0 Å². The molecule has 84 valence electrons. The Balaban J connectivity index is 2.86. The van der Waals surface area contributed by atoms with Gasteiger partial charge in [-0.25, -0.2) is 15.8 Å². The zero-order valence-corrected chi connectivity index (χ0v) is 9.45. The van der Waals surface area contributed by atoms with Crippen LogP contribution in [0.1, 0.15) is 25.4 Å². The molecule has 0 bridgehead atoms. The van der Waals surface area contributed by atoms with Crippen molar-refractivity contribution in [1.29, 1.82) is 0 Å². The molecule has 5 heteroatoms. The van der Waals surface area contributed by atoms with Crippen molar-refractivity contribution in [1.82, 2.24) is 9.97 Å². The molecule has 0 fully saturated rings. The highest BCUT2D eigenvalue weighted by atomic mass is 16.5. The number of nitrogens with zero attached hydrogens (tertiary/aromatic N) is 2. The molecule has 0 spiro atoms. The highest BCUT2D eigenvalue weighted by molar-refractivity contribution is 5.34. The van der Waals surface area contributed by atoms with Crippen LogP contribution in [0.25, 0.3) is 0 Å². The van der Waals surface area contributed by atoms with E-state index in [4.69, 9.17) is 10.6 Å². The van der Waals surface area contributed by atoms with Gasteiger partial charge in [-0.1, -0.05) is 6.92 Å². The van der Waals surface area contributed by atoms with Crippen molar-refractivity contribution in [3.8, 4) is 0 Å². The standard InChI is InChI=1S/C10H18N4O/c1-4-8-6-10(14-11)13-9(12-8)5-7(2)15-3/h6-7H,4-5,11H2,1-3H3,(H,12,13,14). The lowest BCUT2D eigenvalue weighted by Crippen LogP contribution is -2.15. The van der Waals surface area contributed by atoms with Crippen molar-refractivity contribution < 1.29 is 4.74 Å². The molecule has 0 aliphatic carbocycles. The minimum Gasteiger partial charge on any atom is -0.381 e. The Labute approximate surface area is 90.0 Å². The van der Waals surface area contributed by atoms with Gasteiger partial charge in [0.1, 0.15) is 11.6 Å². The van der Waals surface area contributed by atoms with Crippen LogP contribution in [0.2, 0.25) is 0 Å². The molecule has 1 atom stereocenters. The number of rotatable bonds is 5. The second-order valence-corrected chi connectivity index (χ2v) is 3.41. The third-order valence-electron chi connectivity index (χ3n) is 2.21. The number of ether oxygens (including phenoxy) is 1. The maximum atomic E-state index is 5.33. The predicted molar refractivity (Wildman–Crippen MR) is 59.4 cm³/mol. The average Bonchev–Trinajstić information content (AvgIpc) is 2.28. The monoisotopic (exact) mass is 210 g/mol. The number of aromatic nitrogens is 2. The van der Waals surface area contributed by atoms with E-state index in [0.717, 1.165) is 17.9 Å². The number of nitrogens with two attached hydrogens (primary N) is 1. The topological polar surface area (TPSA) is 73.1 Å². The summed E-state index contributed by atoms with van der Waals surface area (Å²) in [6, 6.07) is 1.85. The van der Waals surface area contributed by atoms with Gasteiger partial charge < -0.3 is 10.2 Å². The zero-order chi connectivity index (χ0) is 11.3. The van der Waals surface area contributed by atoms with E-state index in [1.54, 1.807) is 7.11 Å². The second-order valence-electron chi connectivity index (χ2n) is 3.41. The molecule has 1 heterocycles. The summed E-state index contributed by atoms with van der Waals surface area (Å²) in [7, 11) is 1.68. The molecule has 0 radical (unpaired) electrons. The quantitative estimate of drug-likeness (QED) is 0.558. The van der Waals surface area contributed by atoms with Crippen molar-refractivity contribution in [2.45, 2.75) is 32.8 Å². The Kier molecular flexibility index (Phi) is 4.45. The van der Waals surface area contributed by atoms with E-state index in [9.17, 15) is 0 Å². The van der Waals surface area contributed by atoms with Gasteiger partial charge in [-0.2, -0.15) is 0 Å². The van der Waals surface area contributed by atoms with Crippen LogP contribution in [-0.2, 0) is 17.6 Å². The second kappa shape index (κ2) is 5.63. The third kappa shape index (κ3) is 3.45. The molecule has 0 aromatic carbocycles. The summed E-state index contributed by atoms with van der Waals surface area (Å²) in [6.45, 7) is 4.03. The van der Waals surface area contributed by atoms with Crippen LogP contribution in [-0.4, -0.2) is 23.2 Å². The Hall–Kier alpha value is -1.20. The van der Waals surface area contributed by atoms with E-state index < -0.39 is 0 Å². The van der Waals surface area contributed by atoms with Crippen LogP contribution in [0.3, 0.4) is 0 Å². The Morgan fingerprint density at radius 1 is 1.53 bits per heavy atom. The average molecular weight is 210 g/mol. The van der Waals surface area contributed by atoms with Gasteiger partial charge in [-0.05, 0) is 13.3 Å². The highest BCUT2D eigenvalue weighted by Crippen LogP contribution is 2.08. The van der Waals surface area contributed by atoms with Crippen molar-refractivity contribution in [3.05, 3.63) is 17.6 Å². The number of hydrogen-bond donors (Lipinski definition) is 2. The number of aryl methyl sites for hydroxylation is 1. The van der Waals surface area contributed by atoms with Gasteiger partial charge in [0.2, 0.25) is 0 Å². The molecule has 1 aromatic rings. The van der Waals surface area contributed by atoms with Gasteiger partial charge >= 0.3 is 0 Å². The maximum absolute atomic E-state index is 5.33. The summed E-state index contributed by atoms with van der Waals surface area (Å²) in [5.41, 5.74) is 3.52. The van der Waals surface area contributed by atoms with Crippen molar-refractivity contribution in [2.24, 2.45) is 5.84 Å². The van der Waals surface area contributed by atoms with E-state index in [-0.39, 0.29) is 6.10 Å². The fraction of sp³-hybridized carbons (Fsp3) is 0.600. The van der Waals surface area contributed by atoms with E-state index in [2.05, 4.69) is 15.4 Å². The number of hydrogen-bond acceptors (Lipinski definition) is 5. The highest BCUT2D eigenvalue weighted by Gasteiger charge is 2.07. The summed E-state index contributed by atoms with van der Waals surface area (Å²) in [5, 5.41) is 0. The molecule has 0 aliphatic heterocycles. The lowest BCUT2D eigenvalue weighted by Gasteiger charge is -2.10. The van der Waals surface area contributed by atoms with Crippen LogP contribution >= 0.6 is 0 Å². The number of methoxy groups -OCH3 is 1. The molecule has 1 aromatic heterocycles. The molecule has 0 aliphatic rings. The molecule has 0 saturated heterocycles. The van der Waals surface area contributed by atoms with Gasteiger partial charge in [-0.15, -0.1) is 0 Å². The summed E-state index contributed by atoms with van der Waals surface area (Å²) in [4.78, 5) is 8.66. The van der Waals surface area contributed by atoms with Gasteiger partial charge in [0.05, 0.1) is 6.10 Å². The normalized spacial score (nSPS) is 12.5.